The van der Waals surface area contributed by atoms with Gasteiger partial charge in [0.15, 0.2) is 0 Å². The Morgan fingerprint density at radius 2 is 1.63 bits per heavy atom. The average molecular weight is 640 g/mol. The molecule has 1 atom stereocenters. The van der Waals surface area contributed by atoms with Gasteiger partial charge in [-0.05, 0) is 40.8 Å². The minimum absolute atomic E-state index is 0. The Bertz CT molecular complexity index is 647. The molecule has 1 rings (SSSR count). The largest absolute Gasteiger partial charge is 1.00 e. The van der Waals surface area contributed by atoms with Crippen LogP contribution in [0.4, 0.5) is 5.69 Å². The SMILES string of the molecule is CC(C)(CO)[C@@H](O)C(=O)N/C=C/C(=O)Nc1ccc([S-])cc1.CC[PH+](CC)CC.[Au+]. The first-order chi connectivity index (χ1) is 13.6. The van der Waals surface area contributed by atoms with Gasteiger partial charge in [0, 0.05) is 23.4 Å². The van der Waals surface area contributed by atoms with E-state index in [0.717, 1.165) is 12.3 Å². The number of carbonyl (C=O) groups is 2. The Morgan fingerprint density at radius 1 is 1.13 bits per heavy atom. The van der Waals surface area contributed by atoms with Crippen LogP contribution in [0.15, 0.2) is 41.4 Å². The molecule has 0 bridgehead atoms. The average Bonchev–Trinajstić information content (AvgIpc) is 2.70. The number of hydrogen-bond donors (Lipinski definition) is 4. The molecular formula is C21H35AuN2O4PS+. The van der Waals surface area contributed by atoms with Crippen molar-refractivity contribution in [1.82, 2.24) is 5.32 Å². The topological polar surface area (TPSA) is 98.7 Å². The summed E-state index contributed by atoms with van der Waals surface area (Å²) < 4.78 is 0. The number of aliphatic hydroxyl groups excluding tert-OH is 2. The van der Waals surface area contributed by atoms with E-state index in [1.54, 1.807) is 38.1 Å². The second-order valence-electron chi connectivity index (χ2n) is 7.22. The third kappa shape index (κ3) is 12.8. The molecule has 0 fully saturated rings. The van der Waals surface area contributed by atoms with Crippen LogP contribution in [-0.4, -0.2) is 53.2 Å². The number of nitrogens with one attached hydrogen (secondary N) is 2. The van der Waals surface area contributed by atoms with Crippen LogP contribution < -0.4 is 10.6 Å². The summed E-state index contributed by atoms with van der Waals surface area (Å²) in [5, 5.41) is 23.7. The van der Waals surface area contributed by atoms with E-state index in [1.165, 1.54) is 18.5 Å². The van der Waals surface area contributed by atoms with E-state index in [9.17, 15) is 14.7 Å². The first-order valence-corrected chi connectivity index (χ1v) is 12.3. The van der Waals surface area contributed by atoms with E-state index in [2.05, 4.69) is 31.4 Å². The number of aliphatic hydroxyl groups is 2. The zero-order valence-electron chi connectivity index (χ0n) is 18.3. The van der Waals surface area contributed by atoms with Gasteiger partial charge < -0.3 is 33.5 Å². The number of rotatable bonds is 9. The summed E-state index contributed by atoms with van der Waals surface area (Å²) >= 11 is 4.93. The summed E-state index contributed by atoms with van der Waals surface area (Å²) in [6.07, 6.45) is 5.24. The van der Waals surface area contributed by atoms with Gasteiger partial charge in [-0.2, -0.15) is 4.90 Å². The molecule has 0 spiro atoms. The number of hydrogen-bond acceptors (Lipinski definition) is 5. The molecule has 0 saturated heterocycles. The summed E-state index contributed by atoms with van der Waals surface area (Å²) in [6, 6.07) is 6.70. The van der Waals surface area contributed by atoms with Crippen molar-refractivity contribution in [2.45, 2.75) is 45.6 Å². The van der Waals surface area contributed by atoms with E-state index >= 15 is 0 Å². The molecule has 0 heterocycles. The van der Waals surface area contributed by atoms with Crippen LogP contribution >= 0.6 is 7.92 Å². The Morgan fingerprint density at radius 3 is 2.03 bits per heavy atom. The van der Waals surface area contributed by atoms with Gasteiger partial charge in [0.2, 0.25) is 5.91 Å². The molecule has 1 aromatic rings. The zero-order chi connectivity index (χ0) is 22.4. The molecule has 2 amide bonds. The quantitative estimate of drug-likeness (QED) is 0.144. The fraction of sp³-hybridized carbons (Fsp3) is 0.524. The standard InChI is InChI=1S/C15H20N2O4S.C6H15P.Au/c1-15(2,9-18)13(20)14(21)16-8-7-12(19)17-10-3-5-11(22)6-4-10;1-4-7(5-2)6-3;/h3-8,13,18,20,22H,9H2,1-2H3,(H,16,21)(H,17,19);4-6H2,1-3H3;/q;;+1/b8-7+;;/t13-;;/m0../s1. The second kappa shape index (κ2) is 16.8. The molecule has 0 aliphatic carbocycles. The molecule has 4 N–H and O–H groups in total. The zero-order valence-corrected chi connectivity index (χ0v) is 22.3. The Hall–Kier alpha value is -0.790. The minimum Gasteiger partial charge on any atom is -0.780 e. The fourth-order valence-corrected chi connectivity index (χ4v) is 3.83. The number of amides is 2. The van der Waals surface area contributed by atoms with Crippen LogP contribution in [0.25, 0.3) is 0 Å². The number of carbonyl (C=O) groups excluding carboxylic acids is 2. The van der Waals surface area contributed by atoms with Gasteiger partial charge >= 0.3 is 22.4 Å². The molecule has 0 unspecified atom stereocenters. The van der Waals surface area contributed by atoms with E-state index < -0.39 is 23.3 Å². The Kier molecular flexibility index (Phi) is 17.6. The molecule has 0 saturated carbocycles. The minimum atomic E-state index is -1.38. The van der Waals surface area contributed by atoms with Crippen LogP contribution in [0.3, 0.4) is 0 Å². The molecule has 0 radical (unpaired) electrons. The van der Waals surface area contributed by atoms with E-state index in [4.69, 9.17) is 17.7 Å². The predicted octanol–water partition coefficient (Wildman–Crippen LogP) is 2.80. The maximum atomic E-state index is 11.7. The van der Waals surface area contributed by atoms with Gasteiger partial charge in [-0.15, -0.1) is 0 Å². The molecule has 9 heteroatoms. The summed E-state index contributed by atoms with van der Waals surface area (Å²) in [5.74, 6) is -1.13. The normalized spacial score (nSPS) is 11.9. The fourth-order valence-electron chi connectivity index (χ4n) is 2.19. The maximum absolute atomic E-state index is 11.7. The molecule has 1 aromatic carbocycles. The number of benzene rings is 1. The van der Waals surface area contributed by atoms with Crippen molar-refractivity contribution in [3.8, 4) is 0 Å². The smallest absolute Gasteiger partial charge is 0.780 e. The molecule has 174 valence electrons. The molecule has 0 aliphatic heterocycles. The van der Waals surface area contributed by atoms with Crippen LogP contribution in [0.2, 0.25) is 0 Å². The van der Waals surface area contributed by atoms with Crippen molar-refractivity contribution < 1.29 is 42.2 Å². The monoisotopic (exact) mass is 639 g/mol. The van der Waals surface area contributed by atoms with Gasteiger partial charge in [-0.1, -0.05) is 26.0 Å². The van der Waals surface area contributed by atoms with Crippen LogP contribution in [0, 0.1) is 5.41 Å². The second-order valence-corrected chi connectivity index (χ2v) is 11.3. The van der Waals surface area contributed by atoms with Crippen molar-refractivity contribution in [2.75, 3.05) is 30.4 Å². The van der Waals surface area contributed by atoms with Crippen molar-refractivity contribution in [2.24, 2.45) is 5.41 Å². The molecule has 6 nitrogen and oxygen atoms in total. The van der Waals surface area contributed by atoms with Crippen molar-refractivity contribution in [1.29, 1.82) is 0 Å². The molecule has 0 aromatic heterocycles. The summed E-state index contributed by atoms with van der Waals surface area (Å²) in [7, 11) is 0.137. The third-order valence-electron chi connectivity index (χ3n) is 4.48. The van der Waals surface area contributed by atoms with Gasteiger partial charge in [-0.3, -0.25) is 9.59 Å². The third-order valence-corrected chi connectivity index (χ3v) is 7.75. The summed E-state index contributed by atoms with van der Waals surface area (Å²) in [4.78, 5) is 24.0. The first-order valence-electron chi connectivity index (χ1n) is 9.78. The first kappa shape index (κ1) is 31.4. The number of anilines is 1. The predicted molar refractivity (Wildman–Crippen MR) is 125 cm³/mol. The van der Waals surface area contributed by atoms with E-state index in [1.807, 2.05) is 0 Å². The van der Waals surface area contributed by atoms with Crippen molar-refractivity contribution in [3.05, 3.63) is 36.5 Å². The van der Waals surface area contributed by atoms with E-state index in [0.29, 0.717) is 10.6 Å². The van der Waals surface area contributed by atoms with Gasteiger partial charge in [0.05, 0.1) is 25.1 Å². The van der Waals surface area contributed by atoms with Crippen LogP contribution in [0.5, 0.6) is 0 Å². The Labute approximate surface area is 203 Å². The van der Waals surface area contributed by atoms with E-state index in [-0.39, 0.29) is 36.9 Å². The molecular weight excluding hydrogens is 604 g/mol. The van der Waals surface area contributed by atoms with Crippen molar-refractivity contribution >= 4 is 38.1 Å². The Balaban J connectivity index is 0. The van der Waals surface area contributed by atoms with Crippen LogP contribution in [0.1, 0.15) is 34.6 Å². The molecule has 30 heavy (non-hydrogen) atoms. The van der Waals surface area contributed by atoms with Gasteiger partial charge in [0.1, 0.15) is 6.10 Å². The van der Waals surface area contributed by atoms with Gasteiger partial charge in [-0.25, -0.2) is 0 Å². The summed E-state index contributed by atoms with van der Waals surface area (Å²) in [5.41, 5.74) is -0.386. The van der Waals surface area contributed by atoms with Crippen LogP contribution in [-0.2, 0) is 44.6 Å². The van der Waals surface area contributed by atoms with Gasteiger partial charge in [0.25, 0.3) is 5.91 Å². The molecule has 0 aliphatic rings. The van der Waals surface area contributed by atoms with Crippen molar-refractivity contribution in [3.63, 3.8) is 0 Å². The maximum Gasteiger partial charge on any atom is 1.00 e. The summed E-state index contributed by atoms with van der Waals surface area (Å²) in [6.45, 7) is 9.68.